The number of hydrogen-bond donors (Lipinski definition) is 3. The van der Waals surface area contributed by atoms with E-state index in [0.717, 1.165) is 25.9 Å². The van der Waals surface area contributed by atoms with Crippen LogP contribution in [-0.2, 0) is 16.0 Å². The molecule has 1 aliphatic rings. The summed E-state index contributed by atoms with van der Waals surface area (Å²) in [6, 6.07) is 12.8. The first kappa shape index (κ1) is 27.1. The second-order valence-electron chi connectivity index (χ2n) is 9.00. The lowest BCUT2D eigenvalue weighted by Crippen LogP contribution is -2.36. The summed E-state index contributed by atoms with van der Waals surface area (Å²) >= 11 is 5.13. The van der Waals surface area contributed by atoms with E-state index in [4.69, 9.17) is 17.0 Å². The van der Waals surface area contributed by atoms with Crippen LogP contribution in [0.2, 0.25) is 0 Å². The van der Waals surface area contributed by atoms with Crippen LogP contribution in [0.1, 0.15) is 18.4 Å². The second kappa shape index (κ2) is 12.5. The van der Waals surface area contributed by atoms with E-state index in [1.54, 1.807) is 12.1 Å². The Morgan fingerprint density at radius 1 is 1.05 bits per heavy atom. The first-order valence-electron chi connectivity index (χ1n) is 12.0. The molecule has 0 saturated carbocycles. The van der Waals surface area contributed by atoms with Gasteiger partial charge in [-0.1, -0.05) is 12.1 Å². The molecular formula is C27H27F2N5O3S. The average molecular weight is 540 g/mol. The molecule has 2 amide bonds. The topological polar surface area (TPSA) is 95.6 Å². The molecule has 0 radical (unpaired) electrons. The molecule has 1 saturated heterocycles. The Labute approximate surface area is 224 Å². The summed E-state index contributed by atoms with van der Waals surface area (Å²) in [6.07, 6.45) is 3.05. The highest BCUT2D eigenvalue weighted by Gasteiger charge is 2.23. The highest BCUT2D eigenvalue weighted by atomic mass is 32.1. The highest BCUT2D eigenvalue weighted by molar-refractivity contribution is 7.80. The largest absolute Gasteiger partial charge is 0.454 e. The van der Waals surface area contributed by atoms with Gasteiger partial charge < -0.3 is 25.6 Å². The minimum atomic E-state index is -0.663. The minimum absolute atomic E-state index is 0.00954. The lowest BCUT2D eigenvalue weighted by Gasteiger charge is -2.27. The van der Waals surface area contributed by atoms with Gasteiger partial charge in [0.05, 0.1) is 6.42 Å². The van der Waals surface area contributed by atoms with Crippen LogP contribution in [0.4, 0.5) is 20.3 Å². The number of carbonyl (C=O) groups excluding carboxylic acids is 2. The van der Waals surface area contributed by atoms with Crippen LogP contribution in [0.3, 0.4) is 0 Å². The number of nitrogens with zero attached hydrogens (tertiary/aromatic N) is 2. The summed E-state index contributed by atoms with van der Waals surface area (Å²) in [6.45, 7) is 1.73. The maximum atomic E-state index is 14.7. The predicted molar refractivity (Wildman–Crippen MR) is 144 cm³/mol. The number of likely N-dealkylation sites (tertiary alicyclic amines) is 1. The third kappa shape index (κ3) is 7.77. The Hall–Kier alpha value is -3.96. The normalized spacial score (nSPS) is 14.0. The van der Waals surface area contributed by atoms with Crippen LogP contribution in [0.5, 0.6) is 11.5 Å². The van der Waals surface area contributed by atoms with Crippen molar-refractivity contribution in [1.29, 1.82) is 0 Å². The maximum absolute atomic E-state index is 14.7. The third-order valence-electron chi connectivity index (χ3n) is 6.02. The van der Waals surface area contributed by atoms with E-state index >= 15 is 0 Å². The summed E-state index contributed by atoms with van der Waals surface area (Å²) in [4.78, 5) is 31.1. The molecule has 0 aliphatic carbocycles. The molecule has 3 aromatic rings. The van der Waals surface area contributed by atoms with Gasteiger partial charge in [-0.3, -0.25) is 9.59 Å². The van der Waals surface area contributed by atoms with E-state index in [0.29, 0.717) is 22.8 Å². The van der Waals surface area contributed by atoms with Gasteiger partial charge in [-0.05, 0) is 81.1 Å². The molecule has 3 N–H and O–H groups in total. The number of anilines is 2. The number of piperidine rings is 1. The molecule has 11 heteroatoms. The number of nitrogens with one attached hydrogen (secondary N) is 3. The van der Waals surface area contributed by atoms with E-state index < -0.39 is 11.7 Å². The Morgan fingerprint density at radius 2 is 1.79 bits per heavy atom. The predicted octanol–water partition coefficient (Wildman–Crippen LogP) is 4.49. The lowest BCUT2D eigenvalue weighted by molar-refractivity contribution is -0.121. The zero-order valence-electron chi connectivity index (χ0n) is 20.7. The van der Waals surface area contributed by atoms with Crippen molar-refractivity contribution in [1.82, 2.24) is 15.2 Å². The van der Waals surface area contributed by atoms with Crippen LogP contribution < -0.4 is 20.7 Å². The van der Waals surface area contributed by atoms with Crippen LogP contribution in [0.15, 0.2) is 60.8 Å². The van der Waals surface area contributed by atoms with Crippen LogP contribution in [-0.4, -0.2) is 46.9 Å². The van der Waals surface area contributed by atoms with Crippen molar-refractivity contribution in [3.05, 3.63) is 78.0 Å². The number of thiocarbonyl (C=S) groups is 1. The van der Waals surface area contributed by atoms with E-state index in [9.17, 15) is 18.4 Å². The number of rotatable bonds is 7. The van der Waals surface area contributed by atoms with Crippen LogP contribution in [0.25, 0.3) is 0 Å². The van der Waals surface area contributed by atoms with Gasteiger partial charge in [0.2, 0.25) is 11.8 Å². The fraction of sp³-hybridized carbons (Fsp3) is 0.259. The SMILES string of the molecule is CN1CCC(C(=O)Nc2cc(Oc3ccc(NC(=S)NC(=O)Cc4ccc(F)cc4)cc3F)ccn2)CC1. The monoisotopic (exact) mass is 539 g/mol. The third-order valence-corrected chi connectivity index (χ3v) is 6.22. The molecule has 1 aromatic heterocycles. The molecule has 4 rings (SSSR count). The number of amides is 2. The number of halogens is 2. The Morgan fingerprint density at radius 3 is 2.50 bits per heavy atom. The fourth-order valence-corrected chi connectivity index (χ4v) is 4.18. The van der Waals surface area contributed by atoms with Gasteiger partial charge in [-0.2, -0.15) is 0 Å². The molecule has 1 fully saturated rings. The summed E-state index contributed by atoms with van der Waals surface area (Å²) < 4.78 is 33.4. The van der Waals surface area contributed by atoms with Crippen molar-refractivity contribution in [3.63, 3.8) is 0 Å². The summed E-state index contributed by atoms with van der Waals surface area (Å²) in [5, 5.41) is 8.05. The number of hydrogen-bond acceptors (Lipinski definition) is 6. The van der Waals surface area contributed by atoms with Crippen molar-refractivity contribution in [2.75, 3.05) is 30.8 Å². The quantitative estimate of drug-likeness (QED) is 0.381. The molecule has 2 heterocycles. The lowest BCUT2D eigenvalue weighted by atomic mass is 9.96. The Balaban J connectivity index is 1.30. The van der Waals surface area contributed by atoms with Crippen molar-refractivity contribution in [2.24, 2.45) is 5.92 Å². The number of benzene rings is 2. The van der Waals surface area contributed by atoms with Gasteiger partial charge in [-0.15, -0.1) is 0 Å². The van der Waals surface area contributed by atoms with Crippen LogP contribution in [0, 0.1) is 17.6 Å². The minimum Gasteiger partial charge on any atom is -0.454 e. The van der Waals surface area contributed by atoms with Crippen molar-refractivity contribution in [2.45, 2.75) is 19.3 Å². The maximum Gasteiger partial charge on any atom is 0.230 e. The van der Waals surface area contributed by atoms with Gasteiger partial charge in [0.1, 0.15) is 17.4 Å². The molecule has 8 nitrogen and oxygen atoms in total. The van der Waals surface area contributed by atoms with Gasteiger partial charge in [0.25, 0.3) is 0 Å². The molecule has 38 heavy (non-hydrogen) atoms. The van der Waals surface area contributed by atoms with E-state index in [-0.39, 0.29) is 34.9 Å². The summed E-state index contributed by atoms with van der Waals surface area (Å²) in [5.74, 6) is -1.02. The van der Waals surface area contributed by atoms with E-state index in [1.807, 2.05) is 7.05 Å². The van der Waals surface area contributed by atoms with Crippen molar-refractivity contribution < 1.29 is 23.1 Å². The molecule has 198 valence electrons. The number of carbonyl (C=O) groups is 2. The van der Waals surface area contributed by atoms with Gasteiger partial charge >= 0.3 is 0 Å². The average Bonchev–Trinajstić information content (AvgIpc) is 2.87. The van der Waals surface area contributed by atoms with E-state index in [2.05, 4.69) is 25.8 Å². The highest BCUT2D eigenvalue weighted by Crippen LogP contribution is 2.28. The van der Waals surface area contributed by atoms with Gasteiger partial charge in [-0.25, -0.2) is 13.8 Å². The first-order chi connectivity index (χ1) is 18.2. The smallest absolute Gasteiger partial charge is 0.230 e. The first-order valence-corrected chi connectivity index (χ1v) is 12.4. The molecule has 0 unspecified atom stereocenters. The number of ether oxygens (including phenoxy) is 1. The van der Waals surface area contributed by atoms with Crippen molar-refractivity contribution in [3.8, 4) is 11.5 Å². The van der Waals surface area contributed by atoms with Crippen LogP contribution >= 0.6 is 12.2 Å². The van der Waals surface area contributed by atoms with Crippen molar-refractivity contribution >= 4 is 40.6 Å². The Bertz CT molecular complexity index is 1310. The molecule has 0 spiro atoms. The molecule has 0 atom stereocenters. The molecule has 2 aromatic carbocycles. The van der Waals surface area contributed by atoms with Gasteiger partial charge in [0, 0.05) is 29.9 Å². The number of pyridine rings is 1. The Kier molecular flexibility index (Phi) is 8.93. The second-order valence-corrected chi connectivity index (χ2v) is 9.40. The molecule has 0 bridgehead atoms. The standard InChI is InChI=1S/C27H27F2N5O3S/c1-34-12-9-18(10-13-34)26(36)32-24-16-21(8-11-30-24)37-23-7-6-20(15-22(23)29)31-27(38)33-25(35)14-17-2-4-19(28)5-3-17/h2-8,11,15-16,18H,9-10,12-14H2,1H3,(H,30,32,36)(H2,31,33,35,38). The number of aromatic nitrogens is 1. The molecular weight excluding hydrogens is 512 g/mol. The summed E-state index contributed by atoms with van der Waals surface area (Å²) in [7, 11) is 2.03. The van der Waals surface area contributed by atoms with Gasteiger partial charge in [0.15, 0.2) is 16.7 Å². The van der Waals surface area contributed by atoms with E-state index in [1.165, 1.54) is 48.7 Å². The zero-order valence-corrected chi connectivity index (χ0v) is 21.5. The zero-order chi connectivity index (χ0) is 27.1. The molecule has 1 aliphatic heterocycles. The summed E-state index contributed by atoms with van der Waals surface area (Å²) in [5.41, 5.74) is 0.933. The fourth-order valence-electron chi connectivity index (χ4n) is 3.95.